The molecule has 0 aliphatic carbocycles. The number of nitrogens with one attached hydrogen (secondary N) is 1. The standard InChI is InChI=1S/C25H33ClN4O4/c1-3-33-25(32)30-13-10-21(11-14-30)27-23(31)19-5-4-12-29(15-19)16-22-17(2)34-24(28-22)18-6-8-20(26)9-7-18/h6-9,19,21H,3-5,10-16H2,1-2H3,(H,27,31). The fourth-order valence-corrected chi connectivity index (χ4v) is 4.78. The number of aryl methyl sites for hydroxylation is 1. The van der Waals surface area contributed by atoms with Crippen LogP contribution in [0.3, 0.4) is 0 Å². The van der Waals surface area contributed by atoms with E-state index in [9.17, 15) is 9.59 Å². The molecule has 2 fully saturated rings. The van der Waals surface area contributed by atoms with Gasteiger partial charge in [0.25, 0.3) is 0 Å². The van der Waals surface area contributed by atoms with Crippen molar-refractivity contribution in [2.24, 2.45) is 5.92 Å². The SMILES string of the molecule is CCOC(=O)N1CCC(NC(=O)C2CCCN(Cc3nc(-c4ccc(Cl)cc4)oc3C)C2)CC1. The largest absolute Gasteiger partial charge is 0.450 e. The minimum Gasteiger partial charge on any atom is -0.450 e. The first-order valence-corrected chi connectivity index (χ1v) is 12.5. The predicted molar refractivity (Wildman–Crippen MR) is 129 cm³/mol. The van der Waals surface area contributed by atoms with Gasteiger partial charge in [-0.1, -0.05) is 11.6 Å². The van der Waals surface area contributed by atoms with Gasteiger partial charge in [0.1, 0.15) is 5.76 Å². The average molecular weight is 489 g/mol. The quantitative estimate of drug-likeness (QED) is 0.654. The van der Waals surface area contributed by atoms with Crippen LogP contribution in [0.2, 0.25) is 5.02 Å². The highest BCUT2D eigenvalue weighted by atomic mass is 35.5. The topological polar surface area (TPSA) is 87.9 Å². The number of benzene rings is 1. The van der Waals surface area contributed by atoms with Gasteiger partial charge in [0.15, 0.2) is 0 Å². The third kappa shape index (κ3) is 6.10. The summed E-state index contributed by atoms with van der Waals surface area (Å²) in [4.78, 5) is 33.6. The molecule has 184 valence electrons. The zero-order valence-corrected chi connectivity index (χ0v) is 20.6. The van der Waals surface area contributed by atoms with Crippen molar-refractivity contribution in [3.05, 3.63) is 40.7 Å². The lowest BCUT2D eigenvalue weighted by Crippen LogP contribution is -2.50. The van der Waals surface area contributed by atoms with Crippen molar-refractivity contribution in [3.63, 3.8) is 0 Å². The second-order valence-corrected chi connectivity index (χ2v) is 9.51. The van der Waals surface area contributed by atoms with Gasteiger partial charge in [-0.3, -0.25) is 9.69 Å². The van der Waals surface area contributed by atoms with Gasteiger partial charge in [-0.2, -0.15) is 0 Å². The smallest absolute Gasteiger partial charge is 0.409 e. The van der Waals surface area contributed by atoms with Crippen LogP contribution < -0.4 is 5.32 Å². The van der Waals surface area contributed by atoms with E-state index < -0.39 is 0 Å². The van der Waals surface area contributed by atoms with E-state index in [0.717, 1.165) is 49.2 Å². The van der Waals surface area contributed by atoms with Crippen molar-refractivity contribution in [1.29, 1.82) is 0 Å². The highest BCUT2D eigenvalue weighted by Gasteiger charge is 2.30. The van der Waals surface area contributed by atoms with Crippen LogP contribution in [0.15, 0.2) is 28.7 Å². The van der Waals surface area contributed by atoms with Crippen LogP contribution in [0, 0.1) is 12.8 Å². The summed E-state index contributed by atoms with van der Waals surface area (Å²) in [5, 5.41) is 3.89. The molecule has 2 amide bonds. The van der Waals surface area contributed by atoms with E-state index in [-0.39, 0.29) is 24.0 Å². The summed E-state index contributed by atoms with van der Waals surface area (Å²) in [7, 11) is 0. The monoisotopic (exact) mass is 488 g/mol. The number of likely N-dealkylation sites (tertiary alicyclic amines) is 2. The Morgan fingerprint density at radius 2 is 1.91 bits per heavy atom. The molecule has 34 heavy (non-hydrogen) atoms. The fourth-order valence-electron chi connectivity index (χ4n) is 4.66. The molecular formula is C25H33ClN4O4. The number of carbonyl (C=O) groups is 2. The molecule has 9 heteroatoms. The van der Waals surface area contributed by atoms with E-state index >= 15 is 0 Å². The Hall–Kier alpha value is -2.58. The van der Waals surface area contributed by atoms with Crippen molar-refractivity contribution >= 4 is 23.6 Å². The van der Waals surface area contributed by atoms with E-state index in [1.807, 2.05) is 31.2 Å². The molecule has 2 aromatic rings. The van der Waals surface area contributed by atoms with Crippen LogP contribution in [-0.4, -0.2) is 65.6 Å². The Morgan fingerprint density at radius 1 is 1.18 bits per heavy atom. The molecule has 1 unspecified atom stereocenters. The number of ether oxygens (including phenoxy) is 1. The molecule has 2 aliphatic heterocycles. The number of oxazole rings is 1. The van der Waals surface area contributed by atoms with E-state index in [4.69, 9.17) is 25.7 Å². The highest BCUT2D eigenvalue weighted by Crippen LogP contribution is 2.26. The summed E-state index contributed by atoms with van der Waals surface area (Å²) in [6.07, 6.45) is 3.11. The maximum Gasteiger partial charge on any atom is 0.409 e. The maximum atomic E-state index is 13.0. The van der Waals surface area contributed by atoms with Gasteiger partial charge in [-0.15, -0.1) is 0 Å². The fraction of sp³-hybridized carbons (Fsp3) is 0.560. The Kier molecular flexibility index (Phi) is 8.11. The molecule has 1 N–H and O–H groups in total. The lowest BCUT2D eigenvalue weighted by molar-refractivity contribution is -0.127. The van der Waals surface area contributed by atoms with Gasteiger partial charge in [-0.05, 0) is 70.3 Å². The molecule has 0 saturated carbocycles. The zero-order valence-electron chi connectivity index (χ0n) is 19.9. The predicted octanol–water partition coefficient (Wildman–Crippen LogP) is 4.25. The van der Waals surface area contributed by atoms with E-state index in [0.29, 0.717) is 43.7 Å². The van der Waals surface area contributed by atoms with E-state index in [1.54, 1.807) is 11.8 Å². The summed E-state index contributed by atoms with van der Waals surface area (Å²) >= 11 is 5.98. The van der Waals surface area contributed by atoms with Crippen LogP contribution in [-0.2, 0) is 16.1 Å². The number of hydrogen-bond donors (Lipinski definition) is 1. The van der Waals surface area contributed by atoms with E-state index in [1.165, 1.54) is 0 Å². The Bertz CT molecular complexity index is 985. The lowest BCUT2D eigenvalue weighted by atomic mass is 9.95. The number of piperidine rings is 2. The second-order valence-electron chi connectivity index (χ2n) is 9.07. The van der Waals surface area contributed by atoms with Gasteiger partial charge in [0.2, 0.25) is 11.8 Å². The molecule has 0 bridgehead atoms. The van der Waals surface area contributed by atoms with E-state index in [2.05, 4.69) is 10.2 Å². The number of carbonyl (C=O) groups excluding carboxylic acids is 2. The average Bonchev–Trinajstić information content (AvgIpc) is 3.20. The van der Waals surface area contributed by atoms with Crippen molar-refractivity contribution in [1.82, 2.24) is 20.1 Å². The van der Waals surface area contributed by atoms with Gasteiger partial charge < -0.3 is 19.4 Å². The van der Waals surface area contributed by atoms with Crippen molar-refractivity contribution < 1.29 is 18.7 Å². The summed E-state index contributed by atoms with van der Waals surface area (Å²) in [5.74, 6) is 1.45. The van der Waals surface area contributed by atoms with Gasteiger partial charge in [0.05, 0.1) is 18.2 Å². The zero-order chi connectivity index (χ0) is 24.1. The molecule has 1 aromatic carbocycles. The molecular weight excluding hydrogens is 456 g/mol. The molecule has 8 nitrogen and oxygen atoms in total. The van der Waals surface area contributed by atoms with Crippen LogP contribution in [0.25, 0.3) is 11.5 Å². The number of aromatic nitrogens is 1. The Balaban J connectivity index is 1.29. The molecule has 4 rings (SSSR count). The number of hydrogen-bond acceptors (Lipinski definition) is 6. The Morgan fingerprint density at radius 3 is 2.62 bits per heavy atom. The first kappa shape index (κ1) is 24.5. The molecule has 2 aliphatic rings. The molecule has 1 atom stereocenters. The lowest BCUT2D eigenvalue weighted by Gasteiger charge is -2.35. The molecule has 2 saturated heterocycles. The number of amides is 2. The highest BCUT2D eigenvalue weighted by molar-refractivity contribution is 6.30. The maximum absolute atomic E-state index is 13.0. The van der Waals surface area contributed by atoms with Crippen molar-refractivity contribution in [2.75, 3.05) is 32.8 Å². The van der Waals surface area contributed by atoms with Crippen LogP contribution in [0.4, 0.5) is 4.79 Å². The summed E-state index contributed by atoms with van der Waals surface area (Å²) in [5.41, 5.74) is 1.79. The molecule has 1 aromatic heterocycles. The van der Waals surface area contributed by atoms with Crippen LogP contribution in [0.5, 0.6) is 0 Å². The number of halogens is 1. The van der Waals surface area contributed by atoms with Crippen molar-refractivity contribution in [2.45, 2.75) is 52.1 Å². The summed E-state index contributed by atoms with van der Waals surface area (Å²) < 4.78 is 11.0. The Labute approximate surface area is 205 Å². The molecule has 0 radical (unpaired) electrons. The minimum absolute atomic E-state index is 0.0419. The first-order valence-electron chi connectivity index (χ1n) is 12.1. The molecule has 0 spiro atoms. The normalized spacial score (nSPS) is 19.7. The first-order chi connectivity index (χ1) is 16.4. The summed E-state index contributed by atoms with van der Waals surface area (Å²) in [6, 6.07) is 7.55. The third-order valence-corrected chi connectivity index (χ3v) is 6.85. The van der Waals surface area contributed by atoms with Gasteiger partial charge in [-0.25, -0.2) is 9.78 Å². The van der Waals surface area contributed by atoms with Crippen molar-refractivity contribution in [3.8, 4) is 11.5 Å². The summed E-state index contributed by atoms with van der Waals surface area (Å²) in [6.45, 7) is 7.64. The minimum atomic E-state index is -0.266. The van der Waals surface area contributed by atoms with Crippen LogP contribution >= 0.6 is 11.6 Å². The number of rotatable bonds is 6. The second kappa shape index (κ2) is 11.2. The number of nitrogens with zero attached hydrogens (tertiary/aromatic N) is 3. The van der Waals surface area contributed by atoms with Gasteiger partial charge >= 0.3 is 6.09 Å². The third-order valence-electron chi connectivity index (χ3n) is 6.60. The molecule has 3 heterocycles. The van der Waals surface area contributed by atoms with Crippen LogP contribution in [0.1, 0.15) is 44.1 Å². The van der Waals surface area contributed by atoms with Gasteiger partial charge in [0, 0.05) is 42.8 Å².